The van der Waals surface area contributed by atoms with Crippen LogP contribution in [-0.4, -0.2) is 41.1 Å². The van der Waals surface area contributed by atoms with Crippen LogP contribution in [0, 0.1) is 23.7 Å². The fraction of sp³-hybridized carbons (Fsp3) is 0.579. The fourth-order valence-electron chi connectivity index (χ4n) is 4.56. The Morgan fingerprint density at radius 2 is 2.04 bits per heavy atom. The second-order valence-corrected chi connectivity index (χ2v) is 7.27. The Kier molecular flexibility index (Phi) is 4.37. The predicted octanol–water partition coefficient (Wildman–Crippen LogP) is 2.31. The zero-order valence-electron chi connectivity index (χ0n) is 14.0. The van der Waals surface area contributed by atoms with Gasteiger partial charge >= 0.3 is 5.97 Å². The van der Waals surface area contributed by atoms with E-state index in [2.05, 4.69) is 0 Å². The Bertz CT molecular complexity index is 661. The zero-order chi connectivity index (χ0) is 17.4. The van der Waals surface area contributed by atoms with Crippen LogP contribution in [0.1, 0.15) is 25.0 Å². The first kappa shape index (κ1) is 16.4. The van der Waals surface area contributed by atoms with Gasteiger partial charge in [0.05, 0.1) is 30.7 Å². The number of hydrogen-bond acceptors (Lipinski definition) is 4. The van der Waals surface area contributed by atoms with Gasteiger partial charge in [0.1, 0.15) is 5.76 Å². The molecule has 1 aromatic heterocycles. The summed E-state index contributed by atoms with van der Waals surface area (Å²) in [4.78, 5) is 26.8. The lowest BCUT2D eigenvalue weighted by Crippen LogP contribution is -2.45. The van der Waals surface area contributed by atoms with Crippen molar-refractivity contribution in [3.63, 3.8) is 0 Å². The lowest BCUT2D eigenvalue weighted by molar-refractivity contribution is -0.152. The standard InChI is InChI=1S/C19H23NO5/c21-18(16-12-5-6-13(9-12)17(16)19(22)23)20(10-14-3-1-7-24-14)11-15-4-2-8-25-15/h1,3,5-7,12-13,15-17H,2,4,8-11H2,(H,22,23). The first-order chi connectivity index (χ1) is 12.1. The molecule has 6 heteroatoms. The van der Waals surface area contributed by atoms with E-state index in [1.54, 1.807) is 17.2 Å². The van der Waals surface area contributed by atoms with Gasteiger partial charge in [-0.25, -0.2) is 0 Å². The largest absolute Gasteiger partial charge is 0.481 e. The molecule has 1 aliphatic heterocycles. The Balaban J connectivity index is 1.55. The molecule has 0 aromatic carbocycles. The van der Waals surface area contributed by atoms with Crippen LogP contribution in [0.15, 0.2) is 35.0 Å². The Morgan fingerprint density at radius 3 is 2.68 bits per heavy atom. The summed E-state index contributed by atoms with van der Waals surface area (Å²) in [7, 11) is 0. The molecule has 2 fully saturated rings. The average molecular weight is 345 g/mol. The molecule has 3 aliphatic rings. The van der Waals surface area contributed by atoms with E-state index in [0.717, 1.165) is 25.9 Å². The van der Waals surface area contributed by atoms with Gasteiger partial charge in [0, 0.05) is 13.2 Å². The molecule has 1 saturated heterocycles. The van der Waals surface area contributed by atoms with Crippen molar-refractivity contribution in [1.82, 2.24) is 4.90 Å². The summed E-state index contributed by atoms with van der Waals surface area (Å²) in [5, 5.41) is 9.63. The number of carboxylic acids is 1. The van der Waals surface area contributed by atoms with Crippen LogP contribution in [0.25, 0.3) is 0 Å². The van der Waals surface area contributed by atoms with Crippen molar-refractivity contribution in [1.29, 1.82) is 0 Å². The van der Waals surface area contributed by atoms with Gasteiger partial charge in [0.15, 0.2) is 0 Å². The van der Waals surface area contributed by atoms with Crippen molar-refractivity contribution in [2.24, 2.45) is 23.7 Å². The fourth-order valence-corrected chi connectivity index (χ4v) is 4.56. The number of fused-ring (bicyclic) bond motifs is 2. The monoisotopic (exact) mass is 345 g/mol. The highest BCUT2D eigenvalue weighted by Crippen LogP contribution is 2.49. The predicted molar refractivity (Wildman–Crippen MR) is 88.5 cm³/mol. The molecule has 25 heavy (non-hydrogen) atoms. The van der Waals surface area contributed by atoms with Crippen LogP contribution in [0.2, 0.25) is 0 Å². The number of aliphatic carboxylic acids is 1. The lowest BCUT2D eigenvalue weighted by Gasteiger charge is -2.31. The topological polar surface area (TPSA) is 80.0 Å². The van der Waals surface area contributed by atoms with Crippen molar-refractivity contribution in [2.75, 3.05) is 13.2 Å². The number of carboxylic acid groups (broad SMARTS) is 1. The van der Waals surface area contributed by atoms with E-state index < -0.39 is 17.8 Å². The first-order valence-corrected chi connectivity index (χ1v) is 8.97. The van der Waals surface area contributed by atoms with Crippen molar-refractivity contribution in [3.05, 3.63) is 36.3 Å². The molecule has 0 radical (unpaired) electrons. The highest BCUT2D eigenvalue weighted by molar-refractivity contribution is 5.87. The maximum atomic E-state index is 13.3. The highest BCUT2D eigenvalue weighted by atomic mass is 16.5. The highest BCUT2D eigenvalue weighted by Gasteiger charge is 2.52. The summed E-state index contributed by atoms with van der Waals surface area (Å²) in [6, 6.07) is 3.63. The number of allylic oxidation sites excluding steroid dienone is 2. The molecular weight excluding hydrogens is 322 g/mol. The van der Waals surface area contributed by atoms with Gasteiger partial charge in [-0.15, -0.1) is 0 Å². The molecule has 1 aromatic rings. The van der Waals surface area contributed by atoms with E-state index >= 15 is 0 Å². The number of ether oxygens (including phenoxy) is 1. The van der Waals surface area contributed by atoms with Crippen LogP contribution in [0.5, 0.6) is 0 Å². The van der Waals surface area contributed by atoms with E-state index in [1.165, 1.54) is 0 Å². The molecule has 4 rings (SSSR count). The molecule has 5 atom stereocenters. The number of carbonyl (C=O) groups excluding carboxylic acids is 1. The summed E-state index contributed by atoms with van der Waals surface area (Å²) >= 11 is 0. The third kappa shape index (κ3) is 3.11. The van der Waals surface area contributed by atoms with Crippen molar-refractivity contribution < 1.29 is 23.8 Å². The second-order valence-electron chi connectivity index (χ2n) is 7.27. The molecular formula is C19H23NO5. The number of furan rings is 1. The molecule has 0 spiro atoms. The lowest BCUT2D eigenvalue weighted by atomic mass is 9.82. The first-order valence-electron chi connectivity index (χ1n) is 8.97. The molecule has 1 amide bonds. The van der Waals surface area contributed by atoms with Gasteiger partial charge in [-0.1, -0.05) is 12.2 Å². The minimum absolute atomic E-state index is 0.0235. The van der Waals surface area contributed by atoms with Crippen LogP contribution < -0.4 is 0 Å². The minimum Gasteiger partial charge on any atom is -0.481 e. The average Bonchev–Trinajstić information content (AvgIpc) is 3.36. The number of hydrogen-bond donors (Lipinski definition) is 1. The van der Waals surface area contributed by atoms with E-state index in [9.17, 15) is 14.7 Å². The Morgan fingerprint density at radius 1 is 1.24 bits per heavy atom. The quantitative estimate of drug-likeness (QED) is 0.800. The summed E-state index contributed by atoms with van der Waals surface area (Å²) < 4.78 is 11.1. The minimum atomic E-state index is -0.870. The van der Waals surface area contributed by atoms with Crippen molar-refractivity contribution in [2.45, 2.75) is 31.9 Å². The van der Waals surface area contributed by atoms with Gasteiger partial charge in [-0.2, -0.15) is 0 Å². The normalized spacial score (nSPS) is 33.0. The van der Waals surface area contributed by atoms with Crippen LogP contribution >= 0.6 is 0 Å². The number of rotatable bonds is 6. The number of nitrogens with zero attached hydrogens (tertiary/aromatic N) is 1. The van der Waals surface area contributed by atoms with E-state index in [4.69, 9.17) is 9.15 Å². The van der Waals surface area contributed by atoms with Gasteiger partial charge in [0.25, 0.3) is 0 Å². The number of carbonyl (C=O) groups is 2. The van der Waals surface area contributed by atoms with E-state index in [0.29, 0.717) is 18.8 Å². The van der Waals surface area contributed by atoms with Crippen molar-refractivity contribution in [3.8, 4) is 0 Å². The summed E-state index contributed by atoms with van der Waals surface area (Å²) in [6.45, 7) is 1.57. The summed E-state index contributed by atoms with van der Waals surface area (Å²) in [5.41, 5.74) is 0. The van der Waals surface area contributed by atoms with E-state index in [-0.39, 0.29) is 23.8 Å². The van der Waals surface area contributed by atoms with E-state index in [1.807, 2.05) is 18.2 Å². The molecule has 134 valence electrons. The van der Waals surface area contributed by atoms with Crippen molar-refractivity contribution >= 4 is 11.9 Å². The molecule has 6 nitrogen and oxygen atoms in total. The summed E-state index contributed by atoms with van der Waals surface area (Å²) in [5.74, 6) is -1.35. The maximum Gasteiger partial charge on any atom is 0.307 e. The molecule has 2 bridgehead atoms. The molecule has 2 aliphatic carbocycles. The smallest absolute Gasteiger partial charge is 0.307 e. The van der Waals surface area contributed by atoms with Gasteiger partial charge in [-0.3, -0.25) is 9.59 Å². The second kappa shape index (κ2) is 6.67. The number of amides is 1. The van der Waals surface area contributed by atoms with Crippen LogP contribution in [0.3, 0.4) is 0 Å². The Labute approximate surface area is 146 Å². The van der Waals surface area contributed by atoms with Crippen LogP contribution in [0.4, 0.5) is 0 Å². The zero-order valence-corrected chi connectivity index (χ0v) is 14.0. The van der Waals surface area contributed by atoms with Crippen LogP contribution in [-0.2, 0) is 20.9 Å². The Hall–Kier alpha value is -2.08. The van der Waals surface area contributed by atoms with Gasteiger partial charge < -0.3 is 19.2 Å². The summed E-state index contributed by atoms with van der Waals surface area (Å²) in [6.07, 6.45) is 8.29. The maximum absolute atomic E-state index is 13.3. The third-order valence-corrected chi connectivity index (χ3v) is 5.72. The molecule has 2 heterocycles. The SMILES string of the molecule is O=C(O)C1C2C=CC(C2)C1C(=O)N(Cc1ccco1)CC1CCCO1. The third-order valence-electron chi connectivity index (χ3n) is 5.72. The van der Waals surface area contributed by atoms with Gasteiger partial charge in [0.2, 0.25) is 5.91 Å². The van der Waals surface area contributed by atoms with Gasteiger partial charge in [-0.05, 0) is 43.2 Å². The molecule has 5 unspecified atom stereocenters. The molecule has 1 saturated carbocycles. The molecule has 1 N–H and O–H groups in total.